The predicted octanol–water partition coefficient (Wildman–Crippen LogP) is 1.81. The number of benzene rings is 1. The molecule has 0 aliphatic carbocycles. The monoisotopic (exact) mass is 394 g/mol. The highest BCUT2D eigenvalue weighted by atomic mass is 35.5. The summed E-state index contributed by atoms with van der Waals surface area (Å²) in [6, 6.07) is 2.03. The van der Waals surface area contributed by atoms with Crippen molar-refractivity contribution in [2.24, 2.45) is 5.14 Å². The summed E-state index contributed by atoms with van der Waals surface area (Å²) in [5, 5.41) is 4.73. The minimum atomic E-state index is -4.13. The van der Waals surface area contributed by atoms with Gasteiger partial charge in [0.1, 0.15) is 4.90 Å². The van der Waals surface area contributed by atoms with Crippen LogP contribution >= 0.6 is 23.2 Å². The molecule has 1 aromatic rings. The SMILES string of the molecule is NS(=O)(=O)c1cc(C(=O)OCC(=O)N2CCCCC2)c(Cl)cc1Cl. The number of sulfonamides is 1. The van der Waals surface area contributed by atoms with Gasteiger partial charge in [0.15, 0.2) is 6.61 Å². The predicted molar refractivity (Wildman–Crippen MR) is 88.5 cm³/mol. The molecule has 1 saturated heterocycles. The number of amides is 1. The van der Waals surface area contributed by atoms with Gasteiger partial charge in [-0.3, -0.25) is 4.79 Å². The number of hydrogen-bond donors (Lipinski definition) is 1. The Bertz CT molecular complexity index is 761. The molecule has 1 aromatic carbocycles. The molecule has 1 fully saturated rings. The van der Waals surface area contributed by atoms with Crippen LogP contribution in [0.5, 0.6) is 0 Å². The number of hydrogen-bond acceptors (Lipinski definition) is 5. The topological polar surface area (TPSA) is 107 Å². The maximum atomic E-state index is 12.1. The van der Waals surface area contributed by atoms with Crippen molar-refractivity contribution in [3.05, 3.63) is 27.7 Å². The Kier molecular flexibility index (Phi) is 6.08. The standard InChI is InChI=1S/C14H16Cl2N2O5S/c15-10-7-11(16)12(24(17,21)22)6-9(10)14(20)23-8-13(19)18-4-2-1-3-5-18/h6-7H,1-5,8H2,(H2,17,21,22). The minimum Gasteiger partial charge on any atom is -0.452 e. The fourth-order valence-electron chi connectivity index (χ4n) is 2.34. The van der Waals surface area contributed by atoms with Gasteiger partial charge < -0.3 is 9.64 Å². The summed E-state index contributed by atoms with van der Waals surface area (Å²) in [6.45, 7) is 0.823. The largest absolute Gasteiger partial charge is 0.452 e. The zero-order valence-electron chi connectivity index (χ0n) is 12.6. The molecule has 10 heteroatoms. The van der Waals surface area contributed by atoms with Crippen LogP contribution in [0.25, 0.3) is 0 Å². The third-order valence-corrected chi connectivity index (χ3v) is 5.27. The average Bonchev–Trinajstić information content (AvgIpc) is 2.52. The second-order valence-corrected chi connectivity index (χ2v) is 7.67. The van der Waals surface area contributed by atoms with E-state index in [1.807, 2.05) is 0 Å². The fraction of sp³-hybridized carbons (Fsp3) is 0.429. The van der Waals surface area contributed by atoms with Crippen LogP contribution in [0.15, 0.2) is 17.0 Å². The van der Waals surface area contributed by atoms with E-state index in [4.69, 9.17) is 33.1 Å². The lowest BCUT2D eigenvalue weighted by atomic mass is 10.1. The third kappa shape index (κ3) is 4.60. The summed E-state index contributed by atoms with van der Waals surface area (Å²) in [7, 11) is -4.13. The lowest BCUT2D eigenvalue weighted by Gasteiger charge is -2.26. The number of carbonyl (C=O) groups excluding carboxylic acids is 2. The Morgan fingerprint density at radius 2 is 1.75 bits per heavy atom. The van der Waals surface area contributed by atoms with E-state index in [1.165, 1.54) is 0 Å². The van der Waals surface area contributed by atoms with E-state index < -0.39 is 27.5 Å². The van der Waals surface area contributed by atoms with Gasteiger partial charge in [0.2, 0.25) is 10.0 Å². The van der Waals surface area contributed by atoms with Crippen LogP contribution in [0.1, 0.15) is 29.6 Å². The van der Waals surface area contributed by atoms with Gasteiger partial charge in [-0.2, -0.15) is 0 Å². The molecular weight excluding hydrogens is 379 g/mol. The second-order valence-electron chi connectivity index (χ2n) is 5.33. The minimum absolute atomic E-state index is 0.0946. The summed E-state index contributed by atoms with van der Waals surface area (Å²) in [5.74, 6) is -1.23. The third-order valence-electron chi connectivity index (χ3n) is 3.58. The van der Waals surface area contributed by atoms with Crippen molar-refractivity contribution in [1.82, 2.24) is 4.90 Å². The molecule has 1 aliphatic heterocycles. The number of ether oxygens (including phenoxy) is 1. The van der Waals surface area contributed by atoms with Crippen LogP contribution in [-0.2, 0) is 19.6 Å². The number of carbonyl (C=O) groups is 2. The maximum Gasteiger partial charge on any atom is 0.340 e. The van der Waals surface area contributed by atoms with Gasteiger partial charge in [-0.15, -0.1) is 0 Å². The Hall–Kier alpha value is -1.35. The molecule has 0 bridgehead atoms. The number of halogens is 2. The summed E-state index contributed by atoms with van der Waals surface area (Å²) in [5.41, 5.74) is -0.225. The molecule has 7 nitrogen and oxygen atoms in total. The van der Waals surface area contributed by atoms with Gasteiger partial charge >= 0.3 is 5.97 Å². The zero-order chi connectivity index (χ0) is 17.9. The number of nitrogens with two attached hydrogens (primary N) is 1. The first-order chi connectivity index (χ1) is 11.2. The lowest BCUT2D eigenvalue weighted by Crippen LogP contribution is -2.38. The first kappa shape index (κ1) is 19.0. The molecule has 0 unspecified atom stereocenters. The quantitative estimate of drug-likeness (QED) is 0.783. The van der Waals surface area contributed by atoms with Crippen molar-refractivity contribution < 1.29 is 22.7 Å². The van der Waals surface area contributed by atoms with Gasteiger partial charge in [0, 0.05) is 13.1 Å². The van der Waals surface area contributed by atoms with E-state index in [2.05, 4.69) is 0 Å². The van der Waals surface area contributed by atoms with E-state index in [0.717, 1.165) is 31.4 Å². The first-order valence-electron chi connectivity index (χ1n) is 7.17. The number of likely N-dealkylation sites (tertiary alicyclic amines) is 1. The van der Waals surface area contributed by atoms with Crippen molar-refractivity contribution in [2.45, 2.75) is 24.2 Å². The van der Waals surface area contributed by atoms with E-state index in [9.17, 15) is 18.0 Å². The summed E-state index contributed by atoms with van der Waals surface area (Å²) in [6.07, 6.45) is 2.90. The van der Waals surface area contributed by atoms with Crippen molar-refractivity contribution >= 4 is 45.1 Å². The first-order valence-corrected chi connectivity index (χ1v) is 9.47. The van der Waals surface area contributed by atoms with Crippen LogP contribution < -0.4 is 5.14 Å². The molecule has 2 rings (SSSR count). The lowest BCUT2D eigenvalue weighted by molar-refractivity contribution is -0.135. The molecule has 2 N–H and O–H groups in total. The Balaban J connectivity index is 2.10. The highest BCUT2D eigenvalue weighted by Crippen LogP contribution is 2.28. The number of nitrogens with zero attached hydrogens (tertiary/aromatic N) is 1. The molecule has 24 heavy (non-hydrogen) atoms. The summed E-state index contributed by atoms with van der Waals surface area (Å²) >= 11 is 11.7. The Morgan fingerprint density at radius 1 is 1.12 bits per heavy atom. The normalized spacial score (nSPS) is 15.2. The van der Waals surface area contributed by atoms with Crippen molar-refractivity contribution in [3.8, 4) is 0 Å². The molecule has 1 heterocycles. The van der Waals surface area contributed by atoms with Crippen LogP contribution in [0.2, 0.25) is 10.0 Å². The van der Waals surface area contributed by atoms with Gasteiger partial charge in [0.05, 0.1) is 15.6 Å². The van der Waals surface area contributed by atoms with E-state index in [0.29, 0.717) is 13.1 Å². The molecule has 1 amide bonds. The molecular formula is C14H16Cl2N2O5S. The summed E-state index contributed by atoms with van der Waals surface area (Å²) < 4.78 is 27.8. The molecule has 0 saturated carbocycles. The van der Waals surface area contributed by atoms with Gasteiger partial charge in [-0.05, 0) is 31.4 Å². The van der Waals surface area contributed by atoms with Gasteiger partial charge in [-0.25, -0.2) is 18.4 Å². The summed E-state index contributed by atoms with van der Waals surface area (Å²) in [4.78, 5) is 25.2. The van der Waals surface area contributed by atoms with E-state index >= 15 is 0 Å². The molecule has 0 aromatic heterocycles. The number of rotatable bonds is 4. The van der Waals surface area contributed by atoms with Crippen LogP contribution in [0.3, 0.4) is 0 Å². The van der Waals surface area contributed by atoms with Crippen molar-refractivity contribution in [2.75, 3.05) is 19.7 Å². The van der Waals surface area contributed by atoms with E-state index in [-0.39, 0.29) is 21.5 Å². The molecule has 0 radical (unpaired) electrons. The number of piperidine rings is 1. The Morgan fingerprint density at radius 3 is 2.33 bits per heavy atom. The van der Waals surface area contributed by atoms with Crippen LogP contribution in [-0.4, -0.2) is 44.9 Å². The van der Waals surface area contributed by atoms with Crippen molar-refractivity contribution in [3.63, 3.8) is 0 Å². The smallest absolute Gasteiger partial charge is 0.340 e. The van der Waals surface area contributed by atoms with Crippen LogP contribution in [0.4, 0.5) is 0 Å². The Labute approximate surface area is 149 Å². The zero-order valence-corrected chi connectivity index (χ0v) is 15.0. The number of esters is 1. The van der Waals surface area contributed by atoms with Crippen LogP contribution in [0, 0.1) is 0 Å². The van der Waals surface area contributed by atoms with E-state index in [1.54, 1.807) is 4.90 Å². The van der Waals surface area contributed by atoms with Crippen molar-refractivity contribution in [1.29, 1.82) is 0 Å². The fourth-order valence-corrected chi connectivity index (χ4v) is 3.74. The molecule has 0 spiro atoms. The highest BCUT2D eigenvalue weighted by molar-refractivity contribution is 7.89. The van der Waals surface area contributed by atoms with Gasteiger partial charge in [-0.1, -0.05) is 23.2 Å². The maximum absolute atomic E-state index is 12.1. The molecule has 1 aliphatic rings. The molecule has 0 atom stereocenters. The molecule has 132 valence electrons. The number of primary sulfonamides is 1. The van der Waals surface area contributed by atoms with Gasteiger partial charge in [0.25, 0.3) is 5.91 Å². The average molecular weight is 395 g/mol. The second kappa shape index (κ2) is 7.69. The highest BCUT2D eigenvalue weighted by Gasteiger charge is 2.23.